The molecule has 0 spiro atoms. The van der Waals surface area contributed by atoms with Crippen LogP contribution in [0.3, 0.4) is 0 Å². The van der Waals surface area contributed by atoms with Crippen LogP contribution in [-0.2, 0) is 10.0 Å². The molecule has 1 heterocycles. The predicted molar refractivity (Wildman–Crippen MR) is 86.6 cm³/mol. The van der Waals surface area contributed by atoms with E-state index in [1.165, 1.54) is 38.5 Å². The van der Waals surface area contributed by atoms with E-state index in [0.717, 1.165) is 11.3 Å². The summed E-state index contributed by atoms with van der Waals surface area (Å²) < 4.78 is 37.2. The maximum atomic E-state index is 12.3. The molecule has 0 bridgehead atoms. The average Bonchev–Trinajstić information content (AvgIpc) is 2.93. The van der Waals surface area contributed by atoms with Crippen LogP contribution in [-0.4, -0.2) is 33.7 Å². The maximum Gasteiger partial charge on any atom is 0.337 e. The van der Waals surface area contributed by atoms with Gasteiger partial charge in [0.1, 0.15) is 4.21 Å². The number of carboxylic acid groups (broad SMARTS) is 1. The summed E-state index contributed by atoms with van der Waals surface area (Å²) in [4.78, 5) is 11.4. The number of nitrogens with one attached hydrogen (secondary N) is 1. The minimum absolute atomic E-state index is 0.0337. The van der Waals surface area contributed by atoms with Gasteiger partial charge in [-0.25, -0.2) is 13.2 Å². The topological polar surface area (TPSA) is 102 Å². The van der Waals surface area contributed by atoms with E-state index >= 15 is 0 Å². The molecule has 0 aliphatic rings. The molecular formula is C13H12ClNO6S2. The van der Waals surface area contributed by atoms with Crippen LogP contribution in [0.4, 0.5) is 5.69 Å². The first kappa shape index (κ1) is 17.4. The number of hydrogen-bond acceptors (Lipinski definition) is 6. The number of carboxylic acids is 1. The molecule has 0 saturated heterocycles. The summed E-state index contributed by atoms with van der Waals surface area (Å²) in [6.07, 6.45) is 0. The fourth-order valence-electron chi connectivity index (χ4n) is 1.78. The van der Waals surface area contributed by atoms with Crippen LogP contribution in [0.2, 0.25) is 4.34 Å². The Kier molecular flexibility index (Phi) is 5.03. The van der Waals surface area contributed by atoms with Gasteiger partial charge >= 0.3 is 5.97 Å². The van der Waals surface area contributed by atoms with Crippen molar-refractivity contribution >= 4 is 44.6 Å². The second kappa shape index (κ2) is 6.65. The number of halogens is 1. The Labute approximate surface area is 141 Å². The summed E-state index contributed by atoms with van der Waals surface area (Å²) in [5.74, 6) is -0.945. The Morgan fingerprint density at radius 1 is 1.22 bits per heavy atom. The Hall–Kier alpha value is -1.97. The molecule has 124 valence electrons. The summed E-state index contributed by atoms with van der Waals surface area (Å²) in [6, 6.07) is 5.19. The molecule has 1 aromatic heterocycles. The lowest BCUT2D eigenvalue weighted by atomic mass is 10.1. The van der Waals surface area contributed by atoms with Gasteiger partial charge in [-0.1, -0.05) is 11.6 Å². The van der Waals surface area contributed by atoms with Gasteiger partial charge in [0.25, 0.3) is 10.0 Å². The van der Waals surface area contributed by atoms with Crippen molar-refractivity contribution < 1.29 is 27.8 Å². The number of benzene rings is 1. The third-order valence-corrected chi connectivity index (χ3v) is 5.90. The highest BCUT2D eigenvalue weighted by Gasteiger charge is 2.22. The lowest BCUT2D eigenvalue weighted by molar-refractivity contribution is 0.0697. The van der Waals surface area contributed by atoms with Crippen molar-refractivity contribution in [2.24, 2.45) is 0 Å². The molecule has 0 unspecified atom stereocenters. The molecule has 2 aromatic rings. The fraction of sp³-hybridized carbons (Fsp3) is 0.154. The molecule has 7 nitrogen and oxygen atoms in total. The number of sulfonamides is 1. The van der Waals surface area contributed by atoms with Crippen LogP contribution >= 0.6 is 22.9 Å². The zero-order chi connectivity index (χ0) is 17.2. The SMILES string of the molecule is COc1cc(NS(=O)(=O)c2ccc(Cl)s2)c(C(=O)O)cc1OC. The Morgan fingerprint density at radius 2 is 1.83 bits per heavy atom. The molecule has 0 saturated carbocycles. The number of hydrogen-bond donors (Lipinski definition) is 2. The fourth-order valence-corrected chi connectivity index (χ4v) is 4.33. The van der Waals surface area contributed by atoms with Gasteiger partial charge in [-0.3, -0.25) is 4.72 Å². The quantitative estimate of drug-likeness (QED) is 0.802. The molecule has 2 rings (SSSR count). The number of anilines is 1. The number of rotatable bonds is 6. The predicted octanol–water partition coefficient (Wildman–Crippen LogP) is 2.92. The van der Waals surface area contributed by atoms with Crippen LogP contribution in [0.5, 0.6) is 11.5 Å². The molecule has 0 aliphatic heterocycles. The smallest absolute Gasteiger partial charge is 0.337 e. The molecule has 0 amide bonds. The number of ether oxygens (including phenoxy) is 2. The molecule has 0 fully saturated rings. The van der Waals surface area contributed by atoms with Crippen LogP contribution < -0.4 is 14.2 Å². The highest BCUT2D eigenvalue weighted by atomic mass is 35.5. The first-order chi connectivity index (χ1) is 10.8. The first-order valence-electron chi connectivity index (χ1n) is 6.06. The molecule has 2 N–H and O–H groups in total. The molecule has 0 aliphatic carbocycles. The molecular weight excluding hydrogens is 366 g/mol. The zero-order valence-electron chi connectivity index (χ0n) is 12.0. The summed E-state index contributed by atoms with van der Waals surface area (Å²) in [7, 11) is -1.26. The molecule has 0 radical (unpaired) electrons. The second-order valence-corrected chi connectivity index (χ2v) is 7.85. The van der Waals surface area contributed by atoms with Crippen molar-refractivity contribution in [3.63, 3.8) is 0 Å². The van der Waals surface area contributed by atoms with Crippen LogP contribution in [0.25, 0.3) is 0 Å². The van der Waals surface area contributed by atoms with E-state index in [1.54, 1.807) is 0 Å². The molecule has 10 heteroatoms. The van der Waals surface area contributed by atoms with Gasteiger partial charge in [0.15, 0.2) is 11.5 Å². The average molecular weight is 378 g/mol. The van der Waals surface area contributed by atoms with E-state index in [-0.39, 0.29) is 27.0 Å². The van der Waals surface area contributed by atoms with Crippen molar-refractivity contribution in [1.29, 1.82) is 0 Å². The van der Waals surface area contributed by atoms with Crippen molar-refractivity contribution in [2.45, 2.75) is 4.21 Å². The Morgan fingerprint density at radius 3 is 2.30 bits per heavy atom. The standard InChI is InChI=1S/C13H12ClNO6S2/c1-20-9-5-7(13(16)17)8(6-10(9)21-2)15-23(18,19)12-4-3-11(14)22-12/h3-6,15H,1-2H3,(H,16,17). The number of methoxy groups -OCH3 is 2. The summed E-state index contributed by atoms with van der Waals surface area (Å²) in [6.45, 7) is 0. The van der Waals surface area contributed by atoms with Gasteiger partial charge in [0.05, 0.1) is 29.8 Å². The minimum Gasteiger partial charge on any atom is -0.493 e. The van der Waals surface area contributed by atoms with E-state index in [4.69, 9.17) is 21.1 Å². The Bertz CT molecular complexity index is 846. The zero-order valence-corrected chi connectivity index (χ0v) is 14.4. The van der Waals surface area contributed by atoms with Crippen molar-refractivity contribution in [2.75, 3.05) is 18.9 Å². The number of carbonyl (C=O) groups is 1. The summed E-state index contributed by atoms with van der Waals surface area (Å²) >= 11 is 6.59. The van der Waals surface area contributed by atoms with E-state index in [0.29, 0.717) is 4.34 Å². The highest BCUT2D eigenvalue weighted by Crippen LogP contribution is 2.35. The van der Waals surface area contributed by atoms with Gasteiger partial charge in [0.2, 0.25) is 0 Å². The number of aromatic carboxylic acids is 1. The normalized spacial score (nSPS) is 11.1. The monoisotopic (exact) mass is 377 g/mol. The first-order valence-corrected chi connectivity index (χ1v) is 8.73. The van der Waals surface area contributed by atoms with Gasteiger partial charge in [-0.05, 0) is 12.1 Å². The van der Waals surface area contributed by atoms with Crippen molar-refractivity contribution in [3.05, 3.63) is 34.2 Å². The van der Waals surface area contributed by atoms with Gasteiger partial charge in [-0.2, -0.15) is 0 Å². The lowest BCUT2D eigenvalue weighted by Crippen LogP contribution is -2.15. The van der Waals surface area contributed by atoms with Gasteiger partial charge < -0.3 is 14.6 Å². The third-order valence-electron chi connectivity index (χ3n) is 2.81. The van der Waals surface area contributed by atoms with Gasteiger partial charge in [0, 0.05) is 12.1 Å². The van der Waals surface area contributed by atoms with Crippen LogP contribution in [0.1, 0.15) is 10.4 Å². The molecule has 23 heavy (non-hydrogen) atoms. The van der Waals surface area contributed by atoms with Gasteiger partial charge in [-0.15, -0.1) is 11.3 Å². The molecule has 1 aromatic carbocycles. The largest absolute Gasteiger partial charge is 0.493 e. The van der Waals surface area contributed by atoms with Crippen molar-refractivity contribution in [1.82, 2.24) is 0 Å². The molecule has 0 atom stereocenters. The highest BCUT2D eigenvalue weighted by molar-refractivity contribution is 7.94. The van der Waals surface area contributed by atoms with E-state index in [2.05, 4.69) is 4.72 Å². The number of thiophene rings is 1. The lowest BCUT2D eigenvalue weighted by Gasteiger charge is -2.14. The maximum absolute atomic E-state index is 12.3. The van der Waals surface area contributed by atoms with Crippen LogP contribution in [0, 0.1) is 0 Å². The van der Waals surface area contributed by atoms with Crippen molar-refractivity contribution in [3.8, 4) is 11.5 Å². The third kappa shape index (κ3) is 3.69. The van der Waals surface area contributed by atoms with E-state index in [9.17, 15) is 18.3 Å². The van der Waals surface area contributed by atoms with E-state index < -0.39 is 16.0 Å². The Balaban J connectivity index is 2.52. The van der Waals surface area contributed by atoms with E-state index in [1.807, 2.05) is 0 Å². The minimum atomic E-state index is -3.97. The van der Waals surface area contributed by atoms with Crippen LogP contribution in [0.15, 0.2) is 28.5 Å². The summed E-state index contributed by atoms with van der Waals surface area (Å²) in [5, 5.41) is 9.27. The second-order valence-electron chi connectivity index (χ2n) is 4.22. The summed E-state index contributed by atoms with van der Waals surface area (Å²) in [5.41, 5.74) is -0.409.